The van der Waals surface area contributed by atoms with Gasteiger partial charge < -0.3 is 14.2 Å². The van der Waals surface area contributed by atoms with Crippen molar-refractivity contribution in [1.29, 1.82) is 5.26 Å². The van der Waals surface area contributed by atoms with Crippen LogP contribution in [0.2, 0.25) is 0 Å². The molecule has 0 atom stereocenters. The van der Waals surface area contributed by atoms with Gasteiger partial charge in [0.25, 0.3) is 5.91 Å². The van der Waals surface area contributed by atoms with Crippen LogP contribution in [0.4, 0.5) is 0 Å². The predicted octanol–water partition coefficient (Wildman–Crippen LogP) is 0.102. The second-order valence-corrected chi connectivity index (χ2v) is 4.34. The Balaban J connectivity index is 1.91. The van der Waals surface area contributed by atoms with E-state index in [1.807, 2.05) is 4.90 Å². The third-order valence-corrected chi connectivity index (χ3v) is 3.02. The number of aromatic nitrogens is 1. The van der Waals surface area contributed by atoms with Gasteiger partial charge in [0.2, 0.25) is 0 Å². The largest absolute Gasteiger partial charge is 0.377 e. The zero-order valence-electron chi connectivity index (χ0n) is 10.8. The van der Waals surface area contributed by atoms with Gasteiger partial charge in [0, 0.05) is 39.4 Å². The van der Waals surface area contributed by atoms with Crippen LogP contribution < -0.4 is 0 Å². The lowest BCUT2D eigenvalue weighted by atomic mass is 10.2. The summed E-state index contributed by atoms with van der Waals surface area (Å²) >= 11 is 0. The molecule has 0 N–H and O–H groups in total. The minimum atomic E-state index is -0.136. The second kappa shape index (κ2) is 6.31. The van der Waals surface area contributed by atoms with E-state index in [0.717, 1.165) is 0 Å². The Bertz CT molecular complexity index is 472. The fraction of sp³-hybridized carbons (Fsp3) is 0.583. The van der Waals surface area contributed by atoms with E-state index in [1.54, 1.807) is 18.1 Å². The molecule has 0 saturated carbocycles. The first-order valence-corrected chi connectivity index (χ1v) is 6.07. The first-order valence-electron chi connectivity index (χ1n) is 6.07. The number of carbonyl (C=O) groups excluding carboxylic acids is 1. The Morgan fingerprint density at radius 2 is 2.26 bits per heavy atom. The topological polar surface area (TPSA) is 82.6 Å². The van der Waals surface area contributed by atoms with E-state index in [-0.39, 0.29) is 5.91 Å². The quantitative estimate of drug-likeness (QED) is 0.717. The summed E-state index contributed by atoms with van der Waals surface area (Å²) in [6, 6.07) is 3.72. The molecule has 0 aromatic carbocycles. The summed E-state index contributed by atoms with van der Waals surface area (Å²) in [6.45, 7) is 3.34. The Morgan fingerprint density at radius 3 is 2.89 bits per heavy atom. The number of piperazine rings is 1. The van der Waals surface area contributed by atoms with Crippen LogP contribution in [-0.2, 0) is 11.3 Å². The van der Waals surface area contributed by atoms with Crippen molar-refractivity contribution < 1.29 is 14.1 Å². The van der Waals surface area contributed by atoms with Crippen LogP contribution in [0, 0.1) is 11.3 Å². The number of hydrogen-bond acceptors (Lipinski definition) is 6. The van der Waals surface area contributed by atoms with Gasteiger partial charge in [-0.05, 0) is 0 Å². The standard InChI is InChI=1S/C12H16N4O3/c1-18-9-10-8-11(14-19-10)12(17)16-6-4-15(3-2-13)5-7-16/h8H,3-7,9H2,1H3. The SMILES string of the molecule is COCc1cc(C(=O)N2CCN(CC#N)CC2)no1. The van der Waals surface area contributed by atoms with Crippen molar-refractivity contribution in [2.75, 3.05) is 39.8 Å². The van der Waals surface area contributed by atoms with E-state index in [2.05, 4.69) is 11.2 Å². The lowest BCUT2D eigenvalue weighted by Crippen LogP contribution is -2.48. The minimum absolute atomic E-state index is 0.136. The van der Waals surface area contributed by atoms with Gasteiger partial charge in [-0.1, -0.05) is 5.16 Å². The molecule has 1 amide bonds. The molecule has 1 aromatic heterocycles. The minimum Gasteiger partial charge on any atom is -0.377 e. The molecule has 0 radical (unpaired) electrons. The number of hydrogen-bond donors (Lipinski definition) is 0. The van der Waals surface area contributed by atoms with Gasteiger partial charge in [0.1, 0.15) is 6.61 Å². The number of rotatable bonds is 4. The van der Waals surface area contributed by atoms with Crippen molar-refractivity contribution in [2.24, 2.45) is 0 Å². The van der Waals surface area contributed by atoms with Crippen LogP contribution in [0.1, 0.15) is 16.2 Å². The van der Waals surface area contributed by atoms with E-state index in [4.69, 9.17) is 14.5 Å². The lowest BCUT2D eigenvalue weighted by molar-refractivity contribution is 0.0641. The maximum absolute atomic E-state index is 12.2. The molecule has 1 aliphatic rings. The van der Waals surface area contributed by atoms with E-state index in [0.29, 0.717) is 50.8 Å². The molecular formula is C12H16N4O3. The maximum Gasteiger partial charge on any atom is 0.276 e. The second-order valence-electron chi connectivity index (χ2n) is 4.34. The fourth-order valence-corrected chi connectivity index (χ4v) is 2.00. The Morgan fingerprint density at radius 1 is 1.53 bits per heavy atom. The summed E-state index contributed by atoms with van der Waals surface area (Å²) in [4.78, 5) is 15.9. The van der Waals surface area contributed by atoms with Crippen LogP contribution >= 0.6 is 0 Å². The highest BCUT2D eigenvalue weighted by Gasteiger charge is 2.24. The van der Waals surface area contributed by atoms with Gasteiger partial charge in [-0.3, -0.25) is 9.69 Å². The van der Waals surface area contributed by atoms with Crippen molar-refractivity contribution in [3.8, 4) is 6.07 Å². The normalized spacial score (nSPS) is 16.3. The first-order chi connectivity index (χ1) is 9.24. The summed E-state index contributed by atoms with van der Waals surface area (Å²) in [7, 11) is 1.55. The highest BCUT2D eigenvalue weighted by molar-refractivity contribution is 5.92. The maximum atomic E-state index is 12.2. The molecule has 102 valence electrons. The van der Waals surface area contributed by atoms with E-state index < -0.39 is 0 Å². The molecular weight excluding hydrogens is 248 g/mol. The highest BCUT2D eigenvalue weighted by Crippen LogP contribution is 2.10. The molecule has 1 aromatic rings. The summed E-state index contributed by atoms with van der Waals surface area (Å²) in [5, 5.41) is 12.4. The number of nitrogens with zero attached hydrogens (tertiary/aromatic N) is 4. The van der Waals surface area contributed by atoms with Gasteiger partial charge in [-0.25, -0.2) is 0 Å². The fourth-order valence-electron chi connectivity index (χ4n) is 2.00. The third kappa shape index (κ3) is 3.30. The zero-order valence-corrected chi connectivity index (χ0v) is 10.8. The molecule has 1 aliphatic heterocycles. The van der Waals surface area contributed by atoms with Crippen molar-refractivity contribution in [3.63, 3.8) is 0 Å². The summed E-state index contributed by atoms with van der Waals surface area (Å²) in [5.41, 5.74) is 0.306. The lowest BCUT2D eigenvalue weighted by Gasteiger charge is -2.32. The number of nitriles is 1. The smallest absolute Gasteiger partial charge is 0.276 e. The van der Waals surface area contributed by atoms with E-state index >= 15 is 0 Å². The molecule has 19 heavy (non-hydrogen) atoms. The van der Waals surface area contributed by atoms with Gasteiger partial charge in [-0.15, -0.1) is 0 Å². The first kappa shape index (κ1) is 13.5. The van der Waals surface area contributed by atoms with E-state index in [1.165, 1.54) is 0 Å². The molecule has 0 unspecified atom stereocenters. The molecule has 7 heteroatoms. The Labute approximate surface area is 111 Å². The molecule has 0 aliphatic carbocycles. The third-order valence-electron chi connectivity index (χ3n) is 3.02. The number of carbonyl (C=O) groups is 1. The molecule has 2 rings (SSSR count). The number of ether oxygens (including phenoxy) is 1. The van der Waals surface area contributed by atoms with E-state index in [9.17, 15) is 4.79 Å². The predicted molar refractivity (Wildman–Crippen MR) is 65.2 cm³/mol. The zero-order chi connectivity index (χ0) is 13.7. The Kier molecular flexibility index (Phi) is 4.49. The molecule has 1 fully saturated rings. The summed E-state index contributed by atoms with van der Waals surface area (Å²) < 4.78 is 9.91. The van der Waals surface area contributed by atoms with Gasteiger partial charge >= 0.3 is 0 Å². The molecule has 0 bridgehead atoms. The monoisotopic (exact) mass is 264 g/mol. The number of amides is 1. The van der Waals surface area contributed by atoms with Crippen LogP contribution in [0.15, 0.2) is 10.6 Å². The van der Waals surface area contributed by atoms with Gasteiger partial charge in [-0.2, -0.15) is 5.26 Å². The van der Waals surface area contributed by atoms with Crippen LogP contribution in [0.5, 0.6) is 0 Å². The average Bonchev–Trinajstić information content (AvgIpc) is 2.88. The van der Waals surface area contributed by atoms with Crippen molar-refractivity contribution in [2.45, 2.75) is 6.61 Å². The molecule has 7 nitrogen and oxygen atoms in total. The summed E-state index contributed by atoms with van der Waals surface area (Å²) in [6.07, 6.45) is 0. The van der Waals surface area contributed by atoms with Gasteiger partial charge in [0.15, 0.2) is 11.5 Å². The molecule has 1 saturated heterocycles. The highest BCUT2D eigenvalue weighted by atomic mass is 16.5. The molecule has 0 spiro atoms. The summed E-state index contributed by atoms with van der Waals surface area (Å²) in [5.74, 6) is 0.400. The van der Waals surface area contributed by atoms with Crippen molar-refractivity contribution in [1.82, 2.24) is 15.0 Å². The van der Waals surface area contributed by atoms with Crippen LogP contribution in [0.25, 0.3) is 0 Å². The van der Waals surface area contributed by atoms with Gasteiger partial charge in [0.05, 0.1) is 12.6 Å². The van der Waals surface area contributed by atoms with Crippen LogP contribution in [-0.4, -0.2) is 60.7 Å². The Hall–Kier alpha value is -1.91. The molecule has 2 heterocycles. The number of methoxy groups -OCH3 is 1. The van der Waals surface area contributed by atoms with Crippen molar-refractivity contribution >= 4 is 5.91 Å². The van der Waals surface area contributed by atoms with Crippen LogP contribution in [0.3, 0.4) is 0 Å². The average molecular weight is 264 g/mol. The van der Waals surface area contributed by atoms with Crippen molar-refractivity contribution in [3.05, 3.63) is 17.5 Å².